The molecule has 11 nitrogen and oxygen atoms in total. The first-order valence-electron chi connectivity index (χ1n) is 15.5. The molecule has 1 saturated carbocycles. The molecule has 7 rings (SSSR count). The number of amides is 2. The monoisotopic (exact) mass is 649 g/mol. The number of benzene rings is 2. The van der Waals surface area contributed by atoms with E-state index in [0.29, 0.717) is 43.6 Å². The normalized spacial score (nSPS) is 16.2. The summed E-state index contributed by atoms with van der Waals surface area (Å²) in [7, 11) is 0. The van der Waals surface area contributed by atoms with Crippen LogP contribution in [0.25, 0.3) is 22.4 Å². The Bertz CT molecular complexity index is 2310. The number of rotatable bonds is 7. The van der Waals surface area contributed by atoms with Gasteiger partial charge in [0.1, 0.15) is 23.0 Å². The molecule has 0 bridgehead atoms. The summed E-state index contributed by atoms with van der Waals surface area (Å²) < 4.78 is 31.8. The third-order valence-electron chi connectivity index (χ3n) is 8.60. The van der Waals surface area contributed by atoms with Gasteiger partial charge in [0.25, 0.3) is 17.4 Å². The van der Waals surface area contributed by atoms with Crippen molar-refractivity contribution in [3.05, 3.63) is 141 Å². The fraction of sp³-hybridized carbons (Fsp3) is 0.200. The van der Waals surface area contributed by atoms with E-state index in [1.165, 1.54) is 39.6 Å². The molecule has 2 N–H and O–H groups in total. The van der Waals surface area contributed by atoms with Gasteiger partial charge in [-0.15, -0.1) is 0 Å². The number of imidazole rings is 1. The van der Waals surface area contributed by atoms with Crippen LogP contribution >= 0.6 is 0 Å². The molecule has 1 aliphatic rings. The summed E-state index contributed by atoms with van der Waals surface area (Å²) in [5.41, 5.74) is 0.705. The third kappa shape index (κ3) is 5.97. The number of nitrogens with one attached hydrogen (secondary N) is 2. The molecule has 0 aliphatic heterocycles. The standard InChI is InChI=1S/C35H29F2N7O4/c36-23-9-14-30-41-29(20-42(30)19-23)33(46)40-25-10-12-26(13-11-25)44-34(47)28-16-24(37)18-38-31(28)43(35(44)48)27-8-4-7-22(15-27)32(45)39-17-21-5-2-1-3-6-21/h1-9,14-16,18-20,25-26H,10-13,17H2,(H,39,45)(H,40,46). The minimum Gasteiger partial charge on any atom is -0.348 e. The number of carbonyl (C=O) groups excluding carboxylic acids is 2. The number of halogens is 2. The lowest BCUT2D eigenvalue weighted by molar-refractivity contribution is 0.0915. The van der Waals surface area contributed by atoms with E-state index in [1.807, 2.05) is 30.3 Å². The zero-order valence-electron chi connectivity index (χ0n) is 25.5. The van der Waals surface area contributed by atoms with Gasteiger partial charge in [-0.2, -0.15) is 0 Å². The van der Waals surface area contributed by atoms with Crippen molar-refractivity contribution in [3.63, 3.8) is 0 Å². The molecule has 1 aliphatic carbocycles. The highest BCUT2D eigenvalue weighted by atomic mass is 19.1. The molecule has 2 aromatic carbocycles. The minimum atomic E-state index is -0.730. The first-order chi connectivity index (χ1) is 23.2. The summed E-state index contributed by atoms with van der Waals surface area (Å²) in [4.78, 5) is 62.2. The number of fused-ring (bicyclic) bond motifs is 2. The van der Waals surface area contributed by atoms with Crippen LogP contribution in [0.2, 0.25) is 0 Å². The van der Waals surface area contributed by atoms with Crippen LogP contribution in [-0.4, -0.2) is 41.4 Å². The molecule has 48 heavy (non-hydrogen) atoms. The summed E-state index contributed by atoms with van der Waals surface area (Å²) >= 11 is 0. The van der Waals surface area contributed by atoms with Gasteiger partial charge >= 0.3 is 5.69 Å². The molecule has 0 spiro atoms. The molecular weight excluding hydrogens is 620 g/mol. The first kappa shape index (κ1) is 30.7. The Morgan fingerprint density at radius 2 is 1.65 bits per heavy atom. The van der Waals surface area contributed by atoms with Gasteiger partial charge in [-0.05, 0) is 67.6 Å². The fourth-order valence-electron chi connectivity index (χ4n) is 6.22. The fourth-order valence-corrected chi connectivity index (χ4v) is 6.22. The minimum absolute atomic E-state index is 0.0298. The van der Waals surface area contributed by atoms with E-state index in [9.17, 15) is 28.0 Å². The Morgan fingerprint density at radius 3 is 2.44 bits per heavy atom. The SMILES string of the molecule is O=C(NCc1ccccc1)c1cccc(-n2c(=O)n(C3CCC(NC(=O)c4cn5cc(F)ccc5n4)CC3)c(=O)c3cc(F)cnc32)c1. The van der Waals surface area contributed by atoms with Crippen LogP contribution in [0.1, 0.15) is 58.1 Å². The van der Waals surface area contributed by atoms with E-state index in [-0.39, 0.29) is 34.2 Å². The lowest BCUT2D eigenvalue weighted by atomic mass is 9.90. The summed E-state index contributed by atoms with van der Waals surface area (Å²) in [5.74, 6) is -1.96. The highest BCUT2D eigenvalue weighted by Crippen LogP contribution is 2.28. The third-order valence-corrected chi connectivity index (χ3v) is 8.60. The maximum absolute atomic E-state index is 14.4. The predicted molar refractivity (Wildman–Crippen MR) is 173 cm³/mol. The highest BCUT2D eigenvalue weighted by Gasteiger charge is 2.28. The van der Waals surface area contributed by atoms with Crippen molar-refractivity contribution in [2.24, 2.45) is 0 Å². The zero-order chi connectivity index (χ0) is 33.4. The highest BCUT2D eigenvalue weighted by molar-refractivity contribution is 5.95. The van der Waals surface area contributed by atoms with Crippen LogP contribution in [0.5, 0.6) is 0 Å². The summed E-state index contributed by atoms with van der Waals surface area (Å²) in [5, 5.41) is 5.74. The van der Waals surface area contributed by atoms with Crippen LogP contribution in [0.3, 0.4) is 0 Å². The van der Waals surface area contributed by atoms with Crippen LogP contribution in [-0.2, 0) is 6.54 Å². The van der Waals surface area contributed by atoms with Crippen molar-refractivity contribution < 1.29 is 18.4 Å². The molecule has 242 valence electrons. The molecule has 2 amide bonds. The Kier molecular flexibility index (Phi) is 8.09. The summed E-state index contributed by atoms with van der Waals surface area (Å²) in [6.07, 6.45) is 5.30. The van der Waals surface area contributed by atoms with Crippen LogP contribution in [0, 0.1) is 11.6 Å². The van der Waals surface area contributed by atoms with Gasteiger partial charge in [-0.25, -0.2) is 28.1 Å². The summed E-state index contributed by atoms with van der Waals surface area (Å²) in [6.45, 7) is 0.306. The number of nitrogens with zero attached hydrogens (tertiary/aromatic N) is 5. The van der Waals surface area contributed by atoms with E-state index >= 15 is 0 Å². The van der Waals surface area contributed by atoms with Crippen molar-refractivity contribution in [2.45, 2.75) is 44.3 Å². The second-order valence-corrected chi connectivity index (χ2v) is 11.8. The Morgan fingerprint density at radius 1 is 0.854 bits per heavy atom. The van der Waals surface area contributed by atoms with Crippen molar-refractivity contribution in [1.29, 1.82) is 0 Å². The molecule has 0 unspecified atom stereocenters. The largest absolute Gasteiger partial charge is 0.348 e. The molecule has 1 fully saturated rings. The van der Waals surface area contributed by atoms with Crippen LogP contribution in [0.15, 0.2) is 101 Å². The van der Waals surface area contributed by atoms with E-state index < -0.39 is 34.8 Å². The van der Waals surface area contributed by atoms with E-state index in [4.69, 9.17) is 0 Å². The number of hydrogen-bond acceptors (Lipinski definition) is 6. The maximum Gasteiger partial charge on any atom is 0.337 e. The van der Waals surface area contributed by atoms with Gasteiger partial charge in [0, 0.05) is 36.6 Å². The Balaban J connectivity index is 1.15. The topological polar surface area (TPSA) is 132 Å². The Hall–Kier alpha value is -5.98. The molecule has 0 saturated heterocycles. The quantitative estimate of drug-likeness (QED) is 0.265. The van der Waals surface area contributed by atoms with Gasteiger partial charge in [0.05, 0.1) is 17.3 Å². The molecular formula is C35H29F2N7O4. The average Bonchev–Trinajstić information content (AvgIpc) is 3.52. The smallest absolute Gasteiger partial charge is 0.337 e. The van der Waals surface area contributed by atoms with Crippen LogP contribution < -0.4 is 21.9 Å². The van der Waals surface area contributed by atoms with Crippen molar-refractivity contribution in [2.75, 3.05) is 0 Å². The second kappa shape index (κ2) is 12.7. The lowest BCUT2D eigenvalue weighted by Crippen LogP contribution is -2.45. The van der Waals surface area contributed by atoms with Gasteiger partial charge in [-0.3, -0.25) is 19.0 Å². The number of hydrogen-bond donors (Lipinski definition) is 2. The number of carbonyl (C=O) groups is 2. The Labute approximate surface area is 271 Å². The molecule has 6 aromatic rings. The zero-order valence-corrected chi connectivity index (χ0v) is 25.5. The molecule has 4 heterocycles. The second-order valence-electron chi connectivity index (χ2n) is 11.8. The molecule has 0 radical (unpaired) electrons. The van der Waals surface area contributed by atoms with Gasteiger partial charge in [0.15, 0.2) is 5.65 Å². The van der Waals surface area contributed by atoms with E-state index in [0.717, 1.165) is 22.4 Å². The van der Waals surface area contributed by atoms with E-state index in [1.54, 1.807) is 18.2 Å². The number of pyridine rings is 2. The van der Waals surface area contributed by atoms with Crippen molar-refractivity contribution in [1.82, 2.24) is 34.1 Å². The van der Waals surface area contributed by atoms with Crippen molar-refractivity contribution >= 4 is 28.5 Å². The maximum atomic E-state index is 14.4. The predicted octanol–water partition coefficient (Wildman–Crippen LogP) is 4.32. The first-order valence-corrected chi connectivity index (χ1v) is 15.5. The molecule has 13 heteroatoms. The van der Waals surface area contributed by atoms with Crippen molar-refractivity contribution in [3.8, 4) is 5.69 Å². The van der Waals surface area contributed by atoms with E-state index in [2.05, 4.69) is 20.6 Å². The molecule has 0 atom stereocenters. The van der Waals surface area contributed by atoms with Gasteiger partial charge < -0.3 is 15.0 Å². The number of aromatic nitrogens is 5. The van der Waals surface area contributed by atoms with Gasteiger partial charge in [0.2, 0.25) is 0 Å². The summed E-state index contributed by atoms with van der Waals surface area (Å²) in [6, 6.07) is 18.8. The van der Waals surface area contributed by atoms with Crippen LogP contribution in [0.4, 0.5) is 8.78 Å². The lowest BCUT2D eigenvalue weighted by Gasteiger charge is -2.30. The molecule has 4 aromatic heterocycles. The van der Waals surface area contributed by atoms with Gasteiger partial charge in [-0.1, -0.05) is 36.4 Å². The average molecular weight is 650 g/mol.